The Morgan fingerprint density at radius 2 is 1.77 bits per heavy atom. The van der Waals surface area contributed by atoms with Crippen molar-refractivity contribution in [2.24, 2.45) is 0 Å². The van der Waals surface area contributed by atoms with E-state index in [1.807, 2.05) is 24.3 Å². The fourth-order valence-electron chi connectivity index (χ4n) is 3.44. The highest BCUT2D eigenvalue weighted by atomic mass is 32.1. The van der Waals surface area contributed by atoms with Crippen LogP contribution in [0, 0.1) is 5.82 Å². The molecule has 8 heteroatoms. The fourth-order valence-corrected chi connectivity index (χ4v) is 4.03. The Labute approximate surface area is 176 Å². The first-order valence-corrected chi connectivity index (χ1v) is 10.2. The number of halogens is 1. The molecule has 0 unspecified atom stereocenters. The van der Waals surface area contributed by atoms with Crippen molar-refractivity contribution in [3.63, 3.8) is 0 Å². The zero-order chi connectivity index (χ0) is 21.4. The number of carbonyl (C=O) groups excluding carboxylic acids is 2. The van der Waals surface area contributed by atoms with Gasteiger partial charge in [-0.05, 0) is 41.3 Å². The molecule has 0 aliphatic carbocycles. The van der Waals surface area contributed by atoms with E-state index in [-0.39, 0.29) is 22.0 Å². The number of nitrogens with zero attached hydrogens (tertiary/aromatic N) is 3. The molecular weight excluding hydrogens is 405 g/mol. The maximum absolute atomic E-state index is 13.3. The first-order valence-electron chi connectivity index (χ1n) is 9.31. The van der Waals surface area contributed by atoms with Gasteiger partial charge in [0.2, 0.25) is 5.13 Å². The fraction of sp³-hybridized carbons (Fsp3) is 0.182. The second-order valence-electron chi connectivity index (χ2n) is 7.22. The van der Waals surface area contributed by atoms with Crippen molar-refractivity contribution in [1.82, 2.24) is 10.2 Å². The molecule has 1 atom stereocenters. The van der Waals surface area contributed by atoms with Crippen molar-refractivity contribution in [2.45, 2.75) is 25.8 Å². The third-order valence-corrected chi connectivity index (χ3v) is 5.72. The number of hydrogen-bond donors (Lipinski definition) is 1. The molecule has 152 valence electrons. The predicted octanol–water partition coefficient (Wildman–Crippen LogP) is 4.43. The first kappa shape index (κ1) is 19.9. The number of ketones is 1. The largest absolute Gasteiger partial charge is 0.507 e. The lowest BCUT2D eigenvalue weighted by atomic mass is 9.93. The molecule has 1 amide bonds. The third-order valence-electron chi connectivity index (χ3n) is 5.04. The van der Waals surface area contributed by atoms with Crippen LogP contribution in [0.3, 0.4) is 0 Å². The van der Waals surface area contributed by atoms with Gasteiger partial charge in [0.15, 0.2) is 0 Å². The van der Waals surface area contributed by atoms with Crippen LogP contribution in [-0.2, 0) is 9.59 Å². The summed E-state index contributed by atoms with van der Waals surface area (Å²) >= 11 is 1.12. The summed E-state index contributed by atoms with van der Waals surface area (Å²) < 4.78 is 13.3. The molecule has 4 rings (SSSR count). The number of rotatable bonds is 4. The number of aliphatic hydroxyl groups excluding tert-OH is 1. The smallest absolute Gasteiger partial charge is 0.301 e. The summed E-state index contributed by atoms with van der Waals surface area (Å²) in [4.78, 5) is 27.0. The monoisotopic (exact) mass is 423 g/mol. The zero-order valence-electron chi connectivity index (χ0n) is 16.2. The lowest BCUT2D eigenvalue weighted by Gasteiger charge is -2.23. The highest BCUT2D eigenvalue weighted by Gasteiger charge is 2.48. The molecule has 3 aromatic rings. The molecule has 1 fully saturated rings. The minimum atomic E-state index is -0.871. The predicted molar refractivity (Wildman–Crippen MR) is 112 cm³/mol. The van der Waals surface area contributed by atoms with E-state index in [0.29, 0.717) is 11.5 Å². The average molecular weight is 423 g/mol. The van der Waals surface area contributed by atoms with Gasteiger partial charge in [-0.3, -0.25) is 14.5 Å². The van der Waals surface area contributed by atoms with Crippen molar-refractivity contribution in [3.05, 3.63) is 82.1 Å². The Morgan fingerprint density at radius 1 is 1.10 bits per heavy atom. The minimum absolute atomic E-state index is 0.0703. The number of carbonyl (C=O) groups is 2. The molecule has 1 aromatic heterocycles. The SMILES string of the molecule is CC(C)c1ccc([C@@H]2/C(=C(\O)c3ccc(F)cc3)C(=O)C(=O)N2c2nncs2)cc1. The summed E-state index contributed by atoms with van der Waals surface area (Å²) in [5, 5.41) is 18.9. The number of hydrogen-bond acceptors (Lipinski definition) is 6. The molecule has 0 radical (unpaired) electrons. The van der Waals surface area contributed by atoms with Crippen molar-refractivity contribution < 1.29 is 19.1 Å². The number of aromatic nitrogens is 2. The summed E-state index contributed by atoms with van der Waals surface area (Å²) in [5.41, 5.74) is 3.39. The highest BCUT2D eigenvalue weighted by molar-refractivity contribution is 7.13. The van der Waals surface area contributed by atoms with Gasteiger partial charge in [0.1, 0.15) is 17.1 Å². The van der Waals surface area contributed by atoms with E-state index in [1.165, 1.54) is 34.7 Å². The third kappa shape index (κ3) is 3.39. The number of amides is 1. The molecule has 0 bridgehead atoms. The van der Waals surface area contributed by atoms with Crippen LogP contribution in [0.2, 0.25) is 0 Å². The molecule has 0 spiro atoms. The number of aliphatic hydroxyl groups is 1. The van der Waals surface area contributed by atoms with Gasteiger partial charge >= 0.3 is 5.91 Å². The van der Waals surface area contributed by atoms with E-state index in [2.05, 4.69) is 24.0 Å². The summed E-state index contributed by atoms with van der Waals surface area (Å²) in [5.74, 6) is -2.15. The van der Waals surface area contributed by atoms with E-state index >= 15 is 0 Å². The minimum Gasteiger partial charge on any atom is -0.507 e. The van der Waals surface area contributed by atoms with Crippen molar-refractivity contribution in [2.75, 3.05) is 4.90 Å². The molecule has 1 aliphatic heterocycles. The zero-order valence-corrected chi connectivity index (χ0v) is 17.1. The number of anilines is 1. The second kappa shape index (κ2) is 7.79. The molecular formula is C22H18FN3O3S. The second-order valence-corrected chi connectivity index (χ2v) is 8.03. The summed E-state index contributed by atoms with van der Waals surface area (Å²) in [6, 6.07) is 11.7. The molecule has 1 saturated heterocycles. The normalized spacial score (nSPS) is 18.4. The number of benzene rings is 2. The topological polar surface area (TPSA) is 83.4 Å². The maximum Gasteiger partial charge on any atom is 0.301 e. The molecule has 0 saturated carbocycles. The first-order chi connectivity index (χ1) is 14.4. The van der Waals surface area contributed by atoms with E-state index in [0.717, 1.165) is 16.9 Å². The molecule has 2 aromatic carbocycles. The van der Waals surface area contributed by atoms with Crippen LogP contribution in [0.15, 0.2) is 59.6 Å². The lowest BCUT2D eigenvalue weighted by molar-refractivity contribution is -0.132. The molecule has 30 heavy (non-hydrogen) atoms. The van der Waals surface area contributed by atoms with Gasteiger partial charge in [0.25, 0.3) is 5.78 Å². The quantitative estimate of drug-likeness (QED) is 0.381. The van der Waals surface area contributed by atoms with Crippen LogP contribution >= 0.6 is 11.3 Å². The van der Waals surface area contributed by atoms with Gasteiger partial charge in [-0.1, -0.05) is 49.4 Å². The van der Waals surface area contributed by atoms with E-state index in [9.17, 15) is 19.1 Å². The van der Waals surface area contributed by atoms with Gasteiger partial charge in [0, 0.05) is 5.56 Å². The van der Waals surface area contributed by atoms with Crippen LogP contribution < -0.4 is 4.90 Å². The van der Waals surface area contributed by atoms with Gasteiger partial charge in [0.05, 0.1) is 11.6 Å². The summed E-state index contributed by atoms with van der Waals surface area (Å²) in [7, 11) is 0. The Bertz CT molecular complexity index is 1120. The van der Waals surface area contributed by atoms with Crippen molar-refractivity contribution in [3.8, 4) is 0 Å². The van der Waals surface area contributed by atoms with E-state index in [1.54, 1.807) is 0 Å². The van der Waals surface area contributed by atoms with E-state index in [4.69, 9.17) is 0 Å². The van der Waals surface area contributed by atoms with Crippen LogP contribution in [0.4, 0.5) is 9.52 Å². The summed E-state index contributed by atoms with van der Waals surface area (Å²) in [6.45, 7) is 4.13. The van der Waals surface area contributed by atoms with Gasteiger partial charge in [-0.2, -0.15) is 0 Å². The standard InChI is InChI=1S/C22H18FN3O3S/c1-12(2)13-3-5-14(6-4-13)18-17(19(27)15-7-9-16(23)10-8-15)20(28)21(29)26(18)22-25-24-11-30-22/h3-12,18,27H,1-2H3/b19-17+/t18-/m1/s1. The average Bonchev–Trinajstić information content (AvgIpc) is 3.35. The highest BCUT2D eigenvalue weighted by Crippen LogP contribution is 2.42. The maximum atomic E-state index is 13.3. The van der Waals surface area contributed by atoms with Gasteiger partial charge in [-0.25, -0.2) is 4.39 Å². The van der Waals surface area contributed by atoms with Crippen LogP contribution in [0.25, 0.3) is 5.76 Å². The lowest BCUT2D eigenvalue weighted by Crippen LogP contribution is -2.29. The van der Waals surface area contributed by atoms with Gasteiger partial charge in [-0.15, -0.1) is 10.2 Å². The Balaban J connectivity index is 1.90. The molecule has 6 nitrogen and oxygen atoms in total. The Kier molecular flexibility index (Phi) is 5.17. The molecule has 2 heterocycles. The Hall–Kier alpha value is -3.39. The molecule has 1 N–H and O–H groups in total. The van der Waals surface area contributed by atoms with E-state index < -0.39 is 23.5 Å². The summed E-state index contributed by atoms with van der Waals surface area (Å²) in [6.07, 6.45) is 0. The van der Waals surface area contributed by atoms with Gasteiger partial charge < -0.3 is 5.11 Å². The van der Waals surface area contributed by atoms with Crippen molar-refractivity contribution in [1.29, 1.82) is 0 Å². The Morgan fingerprint density at radius 3 is 2.33 bits per heavy atom. The number of Topliss-reactive ketones (excluding diaryl/α,β-unsaturated/α-hetero) is 1. The molecule has 1 aliphatic rings. The van der Waals surface area contributed by atoms with Crippen LogP contribution in [0.1, 0.15) is 42.5 Å². The van der Waals surface area contributed by atoms with Crippen molar-refractivity contribution >= 4 is 33.9 Å². The van der Waals surface area contributed by atoms with Crippen LogP contribution in [0.5, 0.6) is 0 Å². The van der Waals surface area contributed by atoms with Crippen LogP contribution in [-0.4, -0.2) is 27.0 Å².